The molecule has 2 aliphatic heterocycles. The standard InChI is InChI=1S/C21H26N4O2S/c22-16-17-6-8-18(9-7-17)20-4-3-5-21(23-20)28(26,27)25-14-10-19(11-15-25)24-12-1-2-13-24/h3-9,16,19,22H,1-2,10-15H2. The lowest BCUT2D eigenvalue weighted by molar-refractivity contribution is 0.167. The molecule has 2 aromatic rings. The maximum atomic E-state index is 13.1. The van der Waals surface area contributed by atoms with Crippen LogP contribution in [0.4, 0.5) is 0 Å². The number of pyridine rings is 1. The molecule has 2 fully saturated rings. The first-order valence-corrected chi connectivity index (χ1v) is 11.3. The Balaban J connectivity index is 1.50. The molecule has 28 heavy (non-hydrogen) atoms. The first-order chi connectivity index (χ1) is 13.6. The molecule has 2 aliphatic rings. The highest BCUT2D eigenvalue weighted by Gasteiger charge is 2.33. The molecule has 1 N–H and O–H groups in total. The molecule has 0 bridgehead atoms. The Hall–Kier alpha value is -2.09. The van der Waals surface area contributed by atoms with Crippen LogP contribution >= 0.6 is 0 Å². The summed E-state index contributed by atoms with van der Waals surface area (Å²) in [6, 6.07) is 13.0. The Morgan fingerprint density at radius 3 is 2.29 bits per heavy atom. The van der Waals surface area contributed by atoms with Crippen LogP contribution in [0.3, 0.4) is 0 Å². The van der Waals surface area contributed by atoms with Crippen molar-refractivity contribution in [2.45, 2.75) is 36.8 Å². The topological polar surface area (TPSA) is 77.4 Å². The SMILES string of the molecule is N=Cc1ccc(-c2cccc(S(=O)(=O)N3CCC(N4CCCC4)CC3)n2)cc1. The Kier molecular flexibility index (Phi) is 5.57. The highest BCUT2D eigenvalue weighted by molar-refractivity contribution is 7.89. The van der Waals surface area contributed by atoms with E-state index in [1.807, 2.05) is 30.3 Å². The molecule has 0 aliphatic carbocycles. The summed E-state index contributed by atoms with van der Waals surface area (Å²) >= 11 is 0. The minimum atomic E-state index is -3.58. The number of nitrogens with zero attached hydrogens (tertiary/aromatic N) is 3. The summed E-state index contributed by atoms with van der Waals surface area (Å²) in [6.07, 6.45) is 5.59. The van der Waals surface area contributed by atoms with Gasteiger partial charge in [-0.2, -0.15) is 4.31 Å². The first kappa shape index (κ1) is 19.2. The monoisotopic (exact) mass is 398 g/mol. The van der Waals surface area contributed by atoms with Crippen LogP contribution in [0.25, 0.3) is 11.3 Å². The van der Waals surface area contributed by atoms with Crippen molar-refractivity contribution in [3.8, 4) is 11.3 Å². The molecule has 1 aromatic heterocycles. The van der Waals surface area contributed by atoms with Crippen LogP contribution in [-0.2, 0) is 10.0 Å². The van der Waals surface area contributed by atoms with Gasteiger partial charge in [-0.25, -0.2) is 13.4 Å². The zero-order valence-corrected chi connectivity index (χ0v) is 16.7. The molecular formula is C21H26N4O2S. The number of hydrogen-bond acceptors (Lipinski definition) is 5. The molecule has 3 heterocycles. The molecule has 0 amide bonds. The molecule has 148 valence electrons. The van der Waals surface area contributed by atoms with E-state index in [1.165, 1.54) is 19.1 Å². The number of hydrogen-bond donors (Lipinski definition) is 1. The molecule has 4 rings (SSSR count). The molecule has 0 atom stereocenters. The third kappa shape index (κ3) is 3.87. The Bertz CT molecular complexity index is 929. The molecule has 1 aromatic carbocycles. The lowest BCUT2D eigenvalue weighted by Gasteiger charge is -2.35. The summed E-state index contributed by atoms with van der Waals surface area (Å²) in [5.41, 5.74) is 2.27. The molecule has 2 saturated heterocycles. The van der Waals surface area contributed by atoms with Crippen molar-refractivity contribution in [1.29, 1.82) is 5.41 Å². The third-order valence-electron chi connectivity index (χ3n) is 5.78. The van der Waals surface area contributed by atoms with Crippen molar-refractivity contribution in [1.82, 2.24) is 14.2 Å². The zero-order chi connectivity index (χ0) is 19.6. The maximum absolute atomic E-state index is 13.1. The number of benzene rings is 1. The van der Waals surface area contributed by atoms with Crippen LogP contribution in [-0.4, -0.2) is 61.0 Å². The lowest BCUT2D eigenvalue weighted by atomic mass is 10.1. The Morgan fingerprint density at radius 2 is 1.64 bits per heavy atom. The fourth-order valence-corrected chi connectivity index (χ4v) is 5.58. The van der Waals surface area contributed by atoms with Gasteiger partial charge in [0.1, 0.15) is 0 Å². The number of rotatable bonds is 5. The van der Waals surface area contributed by atoms with Gasteiger partial charge in [0.25, 0.3) is 10.0 Å². The molecular weight excluding hydrogens is 372 g/mol. The first-order valence-electron chi connectivity index (χ1n) is 9.90. The van der Waals surface area contributed by atoms with E-state index in [2.05, 4.69) is 9.88 Å². The maximum Gasteiger partial charge on any atom is 0.260 e. The smallest absolute Gasteiger partial charge is 0.260 e. The number of nitrogens with one attached hydrogen (secondary N) is 1. The van der Waals surface area contributed by atoms with E-state index < -0.39 is 10.0 Å². The molecule has 0 spiro atoms. The molecule has 7 heteroatoms. The van der Waals surface area contributed by atoms with Crippen molar-refractivity contribution in [2.75, 3.05) is 26.2 Å². The minimum Gasteiger partial charge on any atom is -0.308 e. The van der Waals surface area contributed by atoms with Crippen molar-refractivity contribution < 1.29 is 8.42 Å². The number of piperidine rings is 1. The van der Waals surface area contributed by atoms with Gasteiger partial charge < -0.3 is 10.3 Å². The van der Waals surface area contributed by atoms with Crippen LogP contribution in [0.5, 0.6) is 0 Å². The average Bonchev–Trinajstić information content (AvgIpc) is 3.29. The van der Waals surface area contributed by atoms with E-state index in [1.54, 1.807) is 16.4 Å². The van der Waals surface area contributed by atoms with E-state index in [0.29, 0.717) is 24.8 Å². The third-order valence-corrected chi connectivity index (χ3v) is 7.58. The van der Waals surface area contributed by atoms with Crippen molar-refractivity contribution in [2.24, 2.45) is 0 Å². The second-order valence-corrected chi connectivity index (χ2v) is 9.39. The van der Waals surface area contributed by atoms with Crippen LogP contribution in [0.15, 0.2) is 47.5 Å². The van der Waals surface area contributed by atoms with Crippen LogP contribution < -0.4 is 0 Å². The van der Waals surface area contributed by atoms with Gasteiger partial charge in [-0.15, -0.1) is 0 Å². The summed E-state index contributed by atoms with van der Waals surface area (Å²) in [5.74, 6) is 0. The van der Waals surface area contributed by atoms with Gasteiger partial charge in [0.2, 0.25) is 0 Å². The summed E-state index contributed by atoms with van der Waals surface area (Å²) in [4.78, 5) is 6.96. The Morgan fingerprint density at radius 1 is 0.964 bits per heavy atom. The van der Waals surface area contributed by atoms with Crippen molar-refractivity contribution >= 4 is 16.2 Å². The lowest BCUT2D eigenvalue weighted by Crippen LogP contribution is -2.45. The van der Waals surface area contributed by atoms with E-state index in [4.69, 9.17) is 5.41 Å². The summed E-state index contributed by atoms with van der Waals surface area (Å²) in [6.45, 7) is 3.42. The van der Waals surface area contributed by atoms with E-state index in [-0.39, 0.29) is 5.03 Å². The van der Waals surface area contributed by atoms with Gasteiger partial charge in [-0.1, -0.05) is 30.3 Å². The highest BCUT2D eigenvalue weighted by Crippen LogP contribution is 2.26. The quantitative estimate of drug-likeness (QED) is 0.786. The van der Waals surface area contributed by atoms with Gasteiger partial charge in [-0.3, -0.25) is 0 Å². The van der Waals surface area contributed by atoms with Crippen LogP contribution in [0.2, 0.25) is 0 Å². The normalized spacial score (nSPS) is 19.7. The van der Waals surface area contributed by atoms with E-state index in [0.717, 1.165) is 37.1 Å². The van der Waals surface area contributed by atoms with E-state index in [9.17, 15) is 8.42 Å². The number of likely N-dealkylation sites (tertiary alicyclic amines) is 1. The summed E-state index contributed by atoms with van der Waals surface area (Å²) < 4.78 is 27.8. The fourth-order valence-electron chi connectivity index (χ4n) is 4.16. The van der Waals surface area contributed by atoms with Crippen LogP contribution in [0, 0.1) is 5.41 Å². The van der Waals surface area contributed by atoms with E-state index >= 15 is 0 Å². The van der Waals surface area contributed by atoms with Gasteiger partial charge in [0.05, 0.1) is 5.69 Å². The molecule has 0 radical (unpaired) electrons. The average molecular weight is 399 g/mol. The fraction of sp³-hybridized carbons (Fsp3) is 0.429. The minimum absolute atomic E-state index is 0.112. The molecule has 6 nitrogen and oxygen atoms in total. The predicted octanol–water partition coefficient (Wildman–Crippen LogP) is 3.00. The zero-order valence-electron chi connectivity index (χ0n) is 15.9. The van der Waals surface area contributed by atoms with Gasteiger partial charge in [0.15, 0.2) is 5.03 Å². The predicted molar refractivity (Wildman–Crippen MR) is 110 cm³/mol. The van der Waals surface area contributed by atoms with Gasteiger partial charge in [0, 0.05) is 30.9 Å². The Labute approximate surface area is 166 Å². The molecule has 0 unspecified atom stereocenters. The largest absolute Gasteiger partial charge is 0.308 e. The van der Waals surface area contributed by atoms with Crippen LogP contribution in [0.1, 0.15) is 31.2 Å². The highest BCUT2D eigenvalue weighted by atomic mass is 32.2. The second kappa shape index (κ2) is 8.11. The number of aromatic nitrogens is 1. The summed E-state index contributed by atoms with van der Waals surface area (Å²) in [5, 5.41) is 7.40. The summed E-state index contributed by atoms with van der Waals surface area (Å²) in [7, 11) is -3.58. The van der Waals surface area contributed by atoms with Crippen molar-refractivity contribution in [3.05, 3.63) is 48.0 Å². The van der Waals surface area contributed by atoms with Gasteiger partial charge in [-0.05, 0) is 56.5 Å². The van der Waals surface area contributed by atoms with Gasteiger partial charge >= 0.3 is 0 Å². The second-order valence-electron chi connectivity index (χ2n) is 7.51. The number of sulfonamides is 1. The molecule has 0 saturated carbocycles. The van der Waals surface area contributed by atoms with Crippen molar-refractivity contribution in [3.63, 3.8) is 0 Å².